The fraction of sp³-hybridized carbons (Fsp3) is 0.262. The summed E-state index contributed by atoms with van der Waals surface area (Å²) < 4.78 is 19.1. The number of benzene rings is 5. The molecule has 0 bridgehead atoms. The van der Waals surface area contributed by atoms with Crippen molar-refractivity contribution in [3.63, 3.8) is 0 Å². The van der Waals surface area contributed by atoms with Gasteiger partial charge in [-0.3, -0.25) is 4.90 Å². The van der Waals surface area contributed by atoms with Crippen molar-refractivity contribution in [3.8, 4) is 11.5 Å². The predicted octanol–water partition coefficient (Wildman–Crippen LogP) is 8.46. The van der Waals surface area contributed by atoms with Gasteiger partial charge < -0.3 is 35.1 Å². The Hall–Kier alpha value is -5.03. The Morgan fingerprint density at radius 2 is 1.31 bits per heavy atom. The number of urea groups is 1. The molecule has 1 aliphatic rings. The van der Waals surface area contributed by atoms with E-state index in [0.29, 0.717) is 23.7 Å². The molecular formula is C42H45N3O6. The minimum atomic E-state index is -0.670. The molecule has 6 rings (SSSR count). The zero-order valence-corrected chi connectivity index (χ0v) is 29.1. The van der Waals surface area contributed by atoms with Gasteiger partial charge in [-0.05, 0) is 79.2 Å². The van der Waals surface area contributed by atoms with E-state index in [0.717, 1.165) is 28.0 Å². The number of anilines is 2. The summed E-state index contributed by atoms with van der Waals surface area (Å²) in [6.07, 6.45) is -1.84. The molecule has 264 valence electrons. The van der Waals surface area contributed by atoms with Crippen LogP contribution in [0.4, 0.5) is 16.2 Å². The number of hydrogen-bond donors (Lipinski definition) is 4. The van der Waals surface area contributed by atoms with Crippen molar-refractivity contribution in [2.45, 2.75) is 51.1 Å². The molecule has 1 saturated heterocycles. The SMILES string of the molecule is C[C@@H]1[C@H](CN(C)[C@H](C)[C@@H](O)c2ccccc2)O[C@H](c2ccc(NC(=O)Nc3ccc(Oc4ccccc4)cc3)cc2)O[C@@H]1c1ccc(CO)cc1. The van der Waals surface area contributed by atoms with Crippen molar-refractivity contribution in [1.29, 1.82) is 0 Å². The molecule has 2 amide bonds. The first-order chi connectivity index (χ1) is 24.8. The molecule has 1 heterocycles. The molecule has 5 aromatic rings. The smallest absolute Gasteiger partial charge is 0.323 e. The molecule has 9 nitrogen and oxygen atoms in total. The third kappa shape index (κ3) is 9.21. The molecular weight excluding hydrogens is 642 g/mol. The first-order valence-corrected chi connectivity index (χ1v) is 17.2. The molecule has 51 heavy (non-hydrogen) atoms. The number of nitrogens with one attached hydrogen (secondary N) is 2. The highest BCUT2D eigenvalue weighted by molar-refractivity contribution is 5.99. The van der Waals surface area contributed by atoms with Gasteiger partial charge in [0.05, 0.1) is 24.9 Å². The Morgan fingerprint density at radius 1 is 0.765 bits per heavy atom. The lowest BCUT2D eigenvalue weighted by Crippen LogP contribution is -2.46. The van der Waals surface area contributed by atoms with E-state index < -0.39 is 12.4 Å². The van der Waals surface area contributed by atoms with Crippen LogP contribution in [0.25, 0.3) is 0 Å². The first-order valence-electron chi connectivity index (χ1n) is 17.2. The van der Waals surface area contributed by atoms with Gasteiger partial charge in [0.2, 0.25) is 0 Å². The molecule has 5 aromatic carbocycles. The van der Waals surface area contributed by atoms with Crippen LogP contribution in [0.15, 0.2) is 133 Å². The lowest BCUT2D eigenvalue weighted by molar-refractivity contribution is -0.276. The van der Waals surface area contributed by atoms with Crippen molar-refractivity contribution >= 4 is 17.4 Å². The van der Waals surface area contributed by atoms with E-state index in [1.807, 2.05) is 123 Å². The molecule has 0 spiro atoms. The quantitative estimate of drug-likeness (QED) is 0.104. The summed E-state index contributed by atoms with van der Waals surface area (Å²) in [5.41, 5.74) is 4.74. The number of para-hydroxylation sites is 1. The van der Waals surface area contributed by atoms with Crippen LogP contribution in [0.5, 0.6) is 11.5 Å². The Labute approximate surface area is 299 Å². The monoisotopic (exact) mass is 687 g/mol. The minimum absolute atomic E-state index is 0.0200. The average Bonchev–Trinajstić information content (AvgIpc) is 3.17. The standard InChI is InChI=1S/C42H45N3O6/c1-28-38(26-45(3)29(2)39(47)31-10-6-4-7-11-31)50-41(51-40(28)32-16-14-30(27-46)15-17-32)33-18-20-34(21-19-33)43-42(48)44-35-22-24-37(25-23-35)49-36-12-8-5-9-13-36/h4-25,28-29,38-41,46-47H,26-27H2,1-3H3,(H2,43,44,48)/t28-,29-,38+,39-,40+,41+/m1/s1. The van der Waals surface area contributed by atoms with Gasteiger partial charge in [0.15, 0.2) is 6.29 Å². The second-order valence-electron chi connectivity index (χ2n) is 13.0. The van der Waals surface area contributed by atoms with Gasteiger partial charge in [0.25, 0.3) is 0 Å². The number of aliphatic hydroxyl groups is 2. The van der Waals surface area contributed by atoms with Crippen molar-refractivity contribution < 1.29 is 29.2 Å². The van der Waals surface area contributed by atoms with E-state index in [1.165, 1.54) is 0 Å². The lowest BCUT2D eigenvalue weighted by Gasteiger charge is -2.43. The number of nitrogens with zero attached hydrogens (tertiary/aromatic N) is 1. The average molecular weight is 688 g/mol. The van der Waals surface area contributed by atoms with Crippen LogP contribution in [0.2, 0.25) is 0 Å². The van der Waals surface area contributed by atoms with Crippen LogP contribution < -0.4 is 15.4 Å². The maximum atomic E-state index is 12.8. The van der Waals surface area contributed by atoms with Crippen molar-refractivity contribution in [1.82, 2.24) is 4.90 Å². The van der Waals surface area contributed by atoms with E-state index >= 15 is 0 Å². The van der Waals surface area contributed by atoms with Gasteiger partial charge in [0, 0.05) is 35.4 Å². The van der Waals surface area contributed by atoms with Crippen LogP contribution in [0.1, 0.15) is 54.6 Å². The third-order valence-corrected chi connectivity index (χ3v) is 9.42. The number of aliphatic hydroxyl groups excluding tert-OH is 2. The largest absolute Gasteiger partial charge is 0.457 e. The normalized spacial score (nSPS) is 20.0. The summed E-state index contributed by atoms with van der Waals surface area (Å²) in [6.45, 7) is 4.67. The minimum Gasteiger partial charge on any atom is -0.457 e. The summed E-state index contributed by atoms with van der Waals surface area (Å²) in [4.78, 5) is 15.0. The number of carbonyl (C=O) groups excluding carboxylic acids is 1. The van der Waals surface area contributed by atoms with E-state index in [2.05, 4.69) is 22.5 Å². The maximum absolute atomic E-state index is 12.8. The van der Waals surface area contributed by atoms with Gasteiger partial charge in [0.1, 0.15) is 11.5 Å². The number of likely N-dealkylation sites (N-methyl/N-ethyl adjacent to an activating group) is 1. The van der Waals surface area contributed by atoms with Gasteiger partial charge in [-0.25, -0.2) is 4.79 Å². The number of ether oxygens (including phenoxy) is 3. The number of rotatable bonds is 12. The van der Waals surface area contributed by atoms with Gasteiger partial charge in [-0.15, -0.1) is 0 Å². The Morgan fingerprint density at radius 3 is 1.92 bits per heavy atom. The Kier molecular flexibility index (Phi) is 11.8. The lowest BCUT2D eigenvalue weighted by atomic mass is 9.89. The molecule has 1 aliphatic heterocycles. The first kappa shape index (κ1) is 35.8. The van der Waals surface area contributed by atoms with Gasteiger partial charge in [-0.1, -0.05) is 91.9 Å². The summed E-state index contributed by atoms with van der Waals surface area (Å²) >= 11 is 0. The highest BCUT2D eigenvalue weighted by atomic mass is 16.7. The van der Waals surface area contributed by atoms with Crippen LogP contribution in [-0.2, 0) is 16.1 Å². The molecule has 0 radical (unpaired) electrons. The molecule has 9 heteroatoms. The summed E-state index contributed by atoms with van der Waals surface area (Å²) in [5, 5.41) is 26.5. The molecule has 0 aliphatic carbocycles. The molecule has 0 aromatic heterocycles. The van der Waals surface area contributed by atoms with Crippen molar-refractivity contribution in [2.75, 3.05) is 24.2 Å². The molecule has 6 atom stereocenters. The van der Waals surface area contributed by atoms with Gasteiger partial charge in [-0.2, -0.15) is 0 Å². The van der Waals surface area contributed by atoms with Crippen LogP contribution in [0.3, 0.4) is 0 Å². The fourth-order valence-corrected chi connectivity index (χ4v) is 6.20. The van der Waals surface area contributed by atoms with Crippen molar-refractivity contribution in [2.24, 2.45) is 5.92 Å². The predicted molar refractivity (Wildman–Crippen MR) is 199 cm³/mol. The van der Waals surface area contributed by atoms with E-state index in [1.54, 1.807) is 24.3 Å². The maximum Gasteiger partial charge on any atom is 0.323 e. The van der Waals surface area contributed by atoms with E-state index in [9.17, 15) is 15.0 Å². The number of amides is 2. The second kappa shape index (κ2) is 16.8. The Bertz CT molecular complexity index is 1820. The van der Waals surface area contributed by atoms with Crippen LogP contribution in [-0.4, -0.2) is 46.9 Å². The van der Waals surface area contributed by atoms with Crippen molar-refractivity contribution in [3.05, 3.63) is 156 Å². The third-order valence-electron chi connectivity index (χ3n) is 9.42. The topological polar surface area (TPSA) is 113 Å². The zero-order chi connectivity index (χ0) is 35.7. The van der Waals surface area contributed by atoms with Gasteiger partial charge >= 0.3 is 6.03 Å². The second-order valence-corrected chi connectivity index (χ2v) is 13.0. The highest BCUT2D eigenvalue weighted by Gasteiger charge is 2.39. The van der Waals surface area contributed by atoms with E-state index in [4.69, 9.17) is 14.2 Å². The van der Waals surface area contributed by atoms with Crippen LogP contribution >= 0.6 is 0 Å². The number of carbonyl (C=O) groups is 1. The summed E-state index contributed by atoms with van der Waals surface area (Å²) in [5.74, 6) is 1.39. The molecule has 4 N–H and O–H groups in total. The summed E-state index contributed by atoms with van der Waals surface area (Å²) in [7, 11) is 2.00. The zero-order valence-electron chi connectivity index (χ0n) is 29.1. The molecule has 0 saturated carbocycles. The highest BCUT2D eigenvalue weighted by Crippen LogP contribution is 2.42. The van der Waals surface area contributed by atoms with Crippen LogP contribution in [0, 0.1) is 5.92 Å². The van der Waals surface area contributed by atoms with E-state index in [-0.39, 0.29) is 36.8 Å². The summed E-state index contributed by atoms with van der Waals surface area (Å²) in [6, 6.07) is 41.0. The molecule has 0 unspecified atom stereocenters. The molecule has 1 fully saturated rings. The number of hydrogen-bond acceptors (Lipinski definition) is 7. The fourth-order valence-electron chi connectivity index (χ4n) is 6.20. The Balaban J connectivity index is 1.12.